The predicted molar refractivity (Wildman–Crippen MR) is 67.8 cm³/mol. The molecule has 0 unspecified atom stereocenters. The highest BCUT2D eigenvalue weighted by Crippen LogP contribution is 2.26. The monoisotopic (exact) mass is 256 g/mol. The number of carbonyl (C=O) groups excluding carboxylic acids is 1. The average Bonchev–Trinajstić information content (AvgIpc) is 2.35. The summed E-state index contributed by atoms with van der Waals surface area (Å²) < 4.78 is 10.1. The first kappa shape index (κ1) is 13.8. The summed E-state index contributed by atoms with van der Waals surface area (Å²) in [5, 5.41) is 0.435. The van der Waals surface area contributed by atoms with Crippen molar-refractivity contribution < 1.29 is 14.3 Å². The predicted octanol–water partition coefficient (Wildman–Crippen LogP) is 3.70. The molecular formula is C13H17ClO3. The van der Waals surface area contributed by atoms with Gasteiger partial charge in [-0.3, -0.25) is 0 Å². The zero-order chi connectivity index (χ0) is 12.7. The smallest absolute Gasteiger partial charge is 0.337 e. The quantitative estimate of drug-likeness (QED) is 0.575. The lowest BCUT2D eigenvalue weighted by molar-refractivity contribution is 0.0600. The van der Waals surface area contributed by atoms with E-state index in [1.807, 2.05) is 0 Å². The lowest BCUT2D eigenvalue weighted by Gasteiger charge is -2.08. The number of hydrogen-bond donors (Lipinski definition) is 0. The van der Waals surface area contributed by atoms with Gasteiger partial charge in [-0.1, -0.05) is 31.4 Å². The summed E-state index contributed by atoms with van der Waals surface area (Å²) in [6.07, 6.45) is 3.29. The first-order valence-electron chi connectivity index (χ1n) is 5.69. The topological polar surface area (TPSA) is 35.5 Å². The Morgan fingerprint density at radius 1 is 1.35 bits per heavy atom. The fraction of sp³-hybridized carbons (Fsp3) is 0.462. The van der Waals surface area contributed by atoms with Gasteiger partial charge in [-0.05, 0) is 24.6 Å². The van der Waals surface area contributed by atoms with Crippen LogP contribution in [0.5, 0.6) is 5.75 Å². The Morgan fingerprint density at radius 2 is 2.12 bits per heavy atom. The Labute approximate surface area is 107 Å². The molecule has 0 aliphatic carbocycles. The van der Waals surface area contributed by atoms with Gasteiger partial charge in [-0.25, -0.2) is 4.79 Å². The minimum absolute atomic E-state index is 0.399. The number of carbonyl (C=O) groups is 1. The van der Waals surface area contributed by atoms with Crippen molar-refractivity contribution in [3.8, 4) is 5.75 Å². The number of unbranched alkanes of at least 4 members (excludes halogenated alkanes) is 2. The highest BCUT2D eigenvalue weighted by Gasteiger charge is 2.09. The van der Waals surface area contributed by atoms with E-state index in [1.165, 1.54) is 7.11 Å². The van der Waals surface area contributed by atoms with Gasteiger partial charge in [0.15, 0.2) is 0 Å². The molecule has 0 aliphatic rings. The molecule has 0 spiro atoms. The van der Waals surface area contributed by atoms with Gasteiger partial charge >= 0.3 is 5.97 Å². The SMILES string of the molecule is CCCCCOc1ccc(C(=O)OC)cc1Cl. The first-order valence-corrected chi connectivity index (χ1v) is 6.07. The Kier molecular flexibility index (Phi) is 5.84. The fourth-order valence-corrected chi connectivity index (χ4v) is 1.63. The average molecular weight is 257 g/mol. The van der Waals surface area contributed by atoms with E-state index in [4.69, 9.17) is 16.3 Å². The fourth-order valence-electron chi connectivity index (χ4n) is 1.40. The molecule has 0 atom stereocenters. The van der Waals surface area contributed by atoms with Gasteiger partial charge < -0.3 is 9.47 Å². The van der Waals surface area contributed by atoms with Crippen LogP contribution in [0.2, 0.25) is 5.02 Å². The van der Waals surface area contributed by atoms with E-state index in [1.54, 1.807) is 18.2 Å². The van der Waals surface area contributed by atoms with Crippen molar-refractivity contribution in [2.45, 2.75) is 26.2 Å². The molecule has 0 bridgehead atoms. The number of halogens is 1. The van der Waals surface area contributed by atoms with Crippen molar-refractivity contribution in [3.63, 3.8) is 0 Å². The molecule has 0 saturated heterocycles. The molecule has 0 aromatic heterocycles. The molecule has 0 heterocycles. The second kappa shape index (κ2) is 7.17. The molecule has 0 aliphatic heterocycles. The van der Waals surface area contributed by atoms with Crippen LogP contribution in [0.3, 0.4) is 0 Å². The Bertz CT molecular complexity index is 377. The lowest BCUT2D eigenvalue weighted by atomic mass is 10.2. The van der Waals surface area contributed by atoms with Gasteiger partial charge in [-0.2, -0.15) is 0 Å². The van der Waals surface area contributed by atoms with Crippen molar-refractivity contribution in [2.75, 3.05) is 13.7 Å². The van der Waals surface area contributed by atoms with Gasteiger partial charge in [-0.15, -0.1) is 0 Å². The van der Waals surface area contributed by atoms with Crippen molar-refractivity contribution in [3.05, 3.63) is 28.8 Å². The molecule has 1 aromatic carbocycles. The van der Waals surface area contributed by atoms with Crippen LogP contribution in [0.25, 0.3) is 0 Å². The molecule has 4 heteroatoms. The number of esters is 1. The van der Waals surface area contributed by atoms with Crippen LogP contribution >= 0.6 is 11.6 Å². The van der Waals surface area contributed by atoms with E-state index in [9.17, 15) is 4.79 Å². The summed E-state index contributed by atoms with van der Waals surface area (Å²) in [5.41, 5.74) is 0.429. The minimum Gasteiger partial charge on any atom is -0.492 e. The number of hydrogen-bond acceptors (Lipinski definition) is 3. The van der Waals surface area contributed by atoms with E-state index in [0.717, 1.165) is 19.3 Å². The van der Waals surface area contributed by atoms with Crippen LogP contribution in [-0.4, -0.2) is 19.7 Å². The van der Waals surface area contributed by atoms with Crippen molar-refractivity contribution >= 4 is 17.6 Å². The van der Waals surface area contributed by atoms with E-state index in [2.05, 4.69) is 11.7 Å². The number of benzene rings is 1. The maximum atomic E-state index is 11.3. The van der Waals surface area contributed by atoms with Crippen LogP contribution in [-0.2, 0) is 4.74 Å². The van der Waals surface area contributed by atoms with Crippen LogP contribution < -0.4 is 4.74 Å². The van der Waals surface area contributed by atoms with Crippen LogP contribution in [0.1, 0.15) is 36.5 Å². The highest BCUT2D eigenvalue weighted by atomic mass is 35.5. The van der Waals surface area contributed by atoms with E-state index in [0.29, 0.717) is 22.9 Å². The molecule has 1 rings (SSSR count). The third-order valence-electron chi connectivity index (χ3n) is 2.36. The molecule has 0 saturated carbocycles. The van der Waals surface area contributed by atoms with Gasteiger partial charge in [0.1, 0.15) is 5.75 Å². The maximum Gasteiger partial charge on any atom is 0.337 e. The van der Waals surface area contributed by atoms with E-state index < -0.39 is 5.97 Å². The molecule has 0 radical (unpaired) electrons. The second-order valence-corrected chi connectivity index (χ2v) is 4.10. The largest absolute Gasteiger partial charge is 0.492 e. The van der Waals surface area contributed by atoms with Gasteiger partial charge in [0.2, 0.25) is 0 Å². The Hall–Kier alpha value is -1.22. The lowest BCUT2D eigenvalue weighted by Crippen LogP contribution is -2.02. The van der Waals surface area contributed by atoms with Crippen molar-refractivity contribution in [1.29, 1.82) is 0 Å². The van der Waals surface area contributed by atoms with Gasteiger partial charge in [0, 0.05) is 0 Å². The van der Waals surface area contributed by atoms with Gasteiger partial charge in [0.05, 0.1) is 24.3 Å². The molecule has 1 aromatic rings. The standard InChI is InChI=1S/C13H17ClO3/c1-3-4-5-8-17-12-7-6-10(9-11(12)14)13(15)16-2/h6-7,9H,3-5,8H2,1-2H3. The van der Waals surface area contributed by atoms with Crippen LogP contribution in [0.4, 0.5) is 0 Å². The summed E-state index contributed by atoms with van der Waals surface area (Å²) in [7, 11) is 1.34. The Balaban J connectivity index is 2.60. The molecule has 0 N–H and O–H groups in total. The molecule has 0 fully saturated rings. The summed E-state index contributed by atoms with van der Waals surface area (Å²) in [6, 6.07) is 4.90. The maximum absolute atomic E-state index is 11.3. The molecular weight excluding hydrogens is 240 g/mol. The van der Waals surface area contributed by atoms with Crippen molar-refractivity contribution in [2.24, 2.45) is 0 Å². The molecule has 17 heavy (non-hydrogen) atoms. The summed E-state index contributed by atoms with van der Waals surface area (Å²) >= 11 is 6.01. The molecule has 0 amide bonds. The summed E-state index contributed by atoms with van der Waals surface area (Å²) in [6.45, 7) is 2.78. The van der Waals surface area contributed by atoms with Crippen molar-refractivity contribution in [1.82, 2.24) is 0 Å². The zero-order valence-electron chi connectivity index (χ0n) is 10.2. The van der Waals surface area contributed by atoms with E-state index >= 15 is 0 Å². The Morgan fingerprint density at radius 3 is 2.71 bits per heavy atom. The number of methoxy groups -OCH3 is 1. The van der Waals surface area contributed by atoms with Crippen LogP contribution in [0, 0.1) is 0 Å². The normalized spacial score (nSPS) is 10.1. The molecule has 3 nitrogen and oxygen atoms in total. The third kappa shape index (κ3) is 4.27. The number of rotatable bonds is 6. The summed E-state index contributed by atoms with van der Waals surface area (Å²) in [5.74, 6) is 0.208. The minimum atomic E-state index is -0.399. The first-order chi connectivity index (χ1) is 8.19. The third-order valence-corrected chi connectivity index (χ3v) is 2.65. The van der Waals surface area contributed by atoms with E-state index in [-0.39, 0.29) is 0 Å². The zero-order valence-corrected chi connectivity index (χ0v) is 10.9. The summed E-state index contributed by atoms with van der Waals surface area (Å²) in [4.78, 5) is 11.3. The number of ether oxygens (including phenoxy) is 2. The second-order valence-electron chi connectivity index (χ2n) is 3.69. The molecule has 94 valence electrons. The van der Waals surface area contributed by atoms with Gasteiger partial charge in [0.25, 0.3) is 0 Å². The highest BCUT2D eigenvalue weighted by molar-refractivity contribution is 6.32. The van der Waals surface area contributed by atoms with Crippen LogP contribution in [0.15, 0.2) is 18.2 Å².